The van der Waals surface area contributed by atoms with Crippen molar-refractivity contribution in [1.82, 2.24) is 14.9 Å². The fourth-order valence-electron chi connectivity index (χ4n) is 2.89. The predicted octanol–water partition coefficient (Wildman–Crippen LogP) is 1.76. The van der Waals surface area contributed by atoms with Crippen LogP contribution in [-0.2, 0) is 7.05 Å². The lowest BCUT2D eigenvalue weighted by Crippen LogP contribution is -2.32. The molecule has 2 aromatic rings. The first-order valence-electron chi connectivity index (χ1n) is 6.95. The van der Waals surface area contributed by atoms with E-state index in [4.69, 9.17) is 4.74 Å². The van der Waals surface area contributed by atoms with E-state index in [1.54, 1.807) is 13.3 Å². The van der Waals surface area contributed by atoms with Crippen LogP contribution in [0.15, 0.2) is 18.5 Å². The van der Waals surface area contributed by atoms with Crippen LogP contribution in [0.2, 0.25) is 0 Å². The van der Waals surface area contributed by atoms with E-state index in [0.29, 0.717) is 11.3 Å². The number of hydrogen-bond acceptors (Lipinski definition) is 4. The molecule has 1 aliphatic heterocycles. The van der Waals surface area contributed by atoms with Gasteiger partial charge in [-0.05, 0) is 32.0 Å². The summed E-state index contributed by atoms with van der Waals surface area (Å²) in [7, 11) is 3.52. The molecule has 0 amide bonds. The minimum Gasteiger partial charge on any atom is -0.494 e. The molecule has 0 spiro atoms. The molecule has 0 bridgehead atoms. The van der Waals surface area contributed by atoms with Crippen molar-refractivity contribution in [3.8, 4) is 5.75 Å². The first-order chi connectivity index (χ1) is 9.72. The van der Waals surface area contributed by atoms with E-state index in [2.05, 4.69) is 10.3 Å². The molecule has 20 heavy (non-hydrogen) atoms. The third-order valence-corrected chi connectivity index (χ3v) is 4.04. The summed E-state index contributed by atoms with van der Waals surface area (Å²) in [5.41, 5.74) is 1.51. The highest BCUT2D eigenvalue weighted by Gasteiger charge is 2.27. The first-order valence-corrected chi connectivity index (χ1v) is 6.95. The fraction of sp³-hybridized carbons (Fsp3) is 0.467. The summed E-state index contributed by atoms with van der Waals surface area (Å²) in [5, 5.41) is 4.18. The zero-order chi connectivity index (χ0) is 14.1. The number of hydrogen-bond donors (Lipinski definition) is 1. The Morgan fingerprint density at radius 3 is 2.90 bits per heavy atom. The van der Waals surface area contributed by atoms with E-state index >= 15 is 0 Å². The topological polar surface area (TPSA) is 56.2 Å². The van der Waals surface area contributed by atoms with Crippen molar-refractivity contribution in [3.63, 3.8) is 0 Å². The van der Waals surface area contributed by atoms with Crippen molar-refractivity contribution in [2.24, 2.45) is 13.0 Å². The summed E-state index contributed by atoms with van der Waals surface area (Å²) < 4.78 is 7.29. The van der Waals surface area contributed by atoms with Crippen LogP contribution in [0.25, 0.3) is 11.0 Å². The monoisotopic (exact) mass is 273 g/mol. The van der Waals surface area contributed by atoms with Crippen LogP contribution < -0.4 is 10.1 Å². The van der Waals surface area contributed by atoms with Gasteiger partial charge in [0.1, 0.15) is 11.4 Å². The second-order valence-corrected chi connectivity index (χ2v) is 5.25. The third kappa shape index (κ3) is 2.08. The molecular weight excluding hydrogens is 254 g/mol. The highest BCUT2D eigenvalue weighted by Crippen LogP contribution is 2.31. The molecule has 106 valence electrons. The van der Waals surface area contributed by atoms with E-state index in [-0.39, 0.29) is 11.7 Å². The van der Waals surface area contributed by atoms with Crippen molar-refractivity contribution in [3.05, 3.63) is 24.0 Å². The van der Waals surface area contributed by atoms with Gasteiger partial charge in [0.25, 0.3) is 0 Å². The summed E-state index contributed by atoms with van der Waals surface area (Å²) in [5.74, 6) is 0.838. The lowest BCUT2D eigenvalue weighted by atomic mass is 9.88. The molecule has 0 atom stereocenters. The number of fused-ring (bicyclic) bond motifs is 1. The van der Waals surface area contributed by atoms with Gasteiger partial charge in [-0.2, -0.15) is 0 Å². The molecule has 1 fully saturated rings. The Labute approximate surface area is 117 Å². The Bertz CT molecular complexity index is 642. The smallest absolute Gasteiger partial charge is 0.170 e. The van der Waals surface area contributed by atoms with Crippen molar-refractivity contribution in [1.29, 1.82) is 0 Å². The summed E-state index contributed by atoms with van der Waals surface area (Å²) in [4.78, 5) is 17.2. The average Bonchev–Trinajstić information content (AvgIpc) is 2.88. The average molecular weight is 273 g/mol. The number of pyridine rings is 1. The Kier molecular flexibility index (Phi) is 3.44. The molecule has 0 radical (unpaired) electrons. The summed E-state index contributed by atoms with van der Waals surface area (Å²) in [6.45, 7) is 1.81. The number of methoxy groups -OCH3 is 1. The zero-order valence-corrected chi connectivity index (χ0v) is 11.8. The van der Waals surface area contributed by atoms with Crippen molar-refractivity contribution in [2.75, 3.05) is 20.2 Å². The minimum atomic E-state index is 0.0796. The van der Waals surface area contributed by atoms with E-state index in [1.165, 1.54) is 0 Å². The summed E-state index contributed by atoms with van der Waals surface area (Å²) in [6.07, 6.45) is 5.35. The molecule has 0 unspecified atom stereocenters. The van der Waals surface area contributed by atoms with Crippen LogP contribution in [0, 0.1) is 5.92 Å². The SMILES string of the molecule is COc1cnc2c(ccn2C)c1C(=O)C1CCNCC1. The molecule has 5 heteroatoms. The molecule has 1 saturated heterocycles. The number of nitrogens with one attached hydrogen (secondary N) is 1. The number of nitrogens with zero attached hydrogens (tertiary/aromatic N) is 2. The maximum atomic E-state index is 12.9. The Morgan fingerprint density at radius 2 is 2.20 bits per heavy atom. The molecule has 1 aliphatic rings. The Morgan fingerprint density at radius 1 is 1.45 bits per heavy atom. The molecule has 2 aromatic heterocycles. The van der Waals surface area contributed by atoms with Crippen LogP contribution in [0.5, 0.6) is 5.75 Å². The minimum absolute atomic E-state index is 0.0796. The largest absolute Gasteiger partial charge is 0.494 e. The first kappa shape index (κ1) is 13.1. The molecular formula is C15H19N3O2. The standard InChI is InChI=1S/C15H19N3O2/c1-18-8-5-11-13(12(20-2)9-17-15(11)18)14(19)10-3-6-16-7-4-10/h5,8-10,16H,3-4,6-7H2,1-2H3. The van der Waals surface area contributed by atoms with Gasteiger partial charge in [-0.1, -0.05) is 0 Å². The van der Waals surface area contributed by atoms with Gasteiger partial charge in [-0.25, -0.2) is 4.98 Å². The molecule has 0 aliphatic carbocycles. The number of ketones is 1. The van der Waals surface area contributed by atoms with E-state index < -0.39 is 0 Å². The predicted molar refractivity (Wildman–Crippen MR) is 77.2 cm³/mol. The molecule has 0 aromatic carbocycles. The maximum absolute atomic E-state index is 12.9. The number of Topliss-reactive ketones (excluding diaryl/α,β-unsaturated/α-hetero) is 1. The second-order valence-electron chi connectivity index (χ2n) is 5.25. The quantitative estimate of drug-likeness (QED) is 0.866. The van der Waals surface area contributed by atoms with E-state index in [1.807, 2.05) is 23.9 Å². The number of rotatable bonds is 3. The van der Waals surface area contributed by atoms with Crippen LogP contribution in [0.3, 0.4) is 0 Å². The van der Waals surface area contributed by atoms with Crippen molar-refractivity contribution < 1.29 is 9.53 Å². The second kappa shape index (κ2) is 5.25. The van der Waals surface area contributed by atoms with Crippen LogP contribution in [0.1, 0.15) is 23.2 Å². The summed E-state index contributed by atoms with van der Waals surface area (Å²) >= 11 is 0. The highest BCUT2D eigenvalue weighted by atomic mass is 16.5. The van der Waals surface area contributed by atoms with Gasteiger partial charge in [0.05, 0.1) is 18.9 Å². The number of carbonyl (C=O) groups is 1. The Balaban J connectivity index is 2.10. The Hall–Kier alpha value is -1.88. The molecule has 1 N–H and O–H groups in total. The number of aryl methyl sites for hydroxylation is 1. The fourth-order valence-corrected chi connectivity index (χ4v) is 2.89. The van der Waals surface area contributed by atoms with Gasteiger partial charge in [-0.15, -0.1) is 0 Å². The van der Waals surface area contributed by atoms with Crippen LogP contribution in [0.4, 0.5) is 0 Å². The van der Waals surface area contributed by atoms with Gasteiger partial charge in [0.15, 0.2) is 5.78 Å². The number of carbonyl (C=O) groups excluding carboxylic acids is 1. The van der Waals surface area contributed by atoms with Crippen molar-refractivity contribution in [2.45, 2.75) is 12.8 Å². The third-order valence-electron chi connectivity index (χ3n) is 4.04. The van der Waals surface area contributed by atoms with Crippen LogP contribution in [-0.4, -0.2) is 35.5 Å². The molecule has 5 nitrogen and oxygen atoms in total. The highest BCUT2D eigenvalue weighted by molar-refractivity contribution is 6.10. The molecule has 3 rings (SSSR count). The van der Waals surface area contributed by atoms with Gasteiger partial charge in [0.2, 0.25) is 0 Å². The molecule has 3 heterocycles. The van der Waals surface area contributed by atoms with Gasteiger partial charge in [0, 0.05) is 24.5 Å². The van der Waals surface area contributed by atoms with Gasteiger partial charge < -0.3 is 14.6 Å². The molecule has 0 saturated carbocycles. The van der Waals surface area contributed by atoms with Crippen LogP contribution >= 0.6 is 0 Å². The zero-order valence-electron chi connectivity index (χ0n) is 11.8. The number of piperidine rings is 1. The normalized spacial score (nSPS) is 16.5. The maximum Gasteiger partial charge on any atom is 0.170 e. The van der Waals surface area contributed by atoms with E-state index in [0.717, 1.165) is 37.0 Å². The lowest BCUT2D eigenvalue weighted by molar-refractivity contribution is 0.0893. The van der Waals surface area contributed by atoms with Gasteiger partial charge >= 0.3 is 0 Å². The lowest BCUT2D eigenvalue weighted by Gasteiger charge is -2.22. The number of aromatic nitrogens is 2. The van der Waals surface area contributed by atoms with Gasteiger partial charge in [-0.3, -0.25) is 4.79 Å². The van der Waals surface area contributed by atoms with Crippen molar-refractivity contribution >= 4 is 16.8 Å². The summed E-state index contributed by atoms with van der Waals surface area (Å²) in [6, 6.07) is 1.94. The number of ether oxygens (including phenoxy) is 1. The van der Waals surface area contributed by atoms with E-state index in [9.17, 15) is 4.79 Å².